The Labute approximate surface area is 153 Å². The molecule has 2 rings (SSSR count). The van der Waals surface area contributed by atoms with Crippen molar-refractivity contribution in [1.29, 1.82) is 0 Å². The molecule has 0 unspecified atom stereocenters. The zero-order valence-corrected chi connectivity index (χ0v) is 15.9. The van der Waals surface area contributed by atoms with Crippen LogP contribution in [0.3, 0.4) is 0 Å². The topological polar surface area (TPSA) is 73.9 Å². The molecule has 0 spiro atoms. The van der Waals surface area contributed by atoms with Gasteiger partial charge in [0.25, 0.3) is 5.91 Å². The van der Waals surface area contributed by atoms with Gasteiger partial charge in [-0.05, 0) is 43.5 Å². The first kappa shape index (κ1) is 19.3. The fourth-order valence-corrected chi connectivity index (χ4v) is 2.66. The molecule has 0 saturated carbocycles. The molecule has 1 N–H and O–H groups in total. The van der Waals surface area contributed by atoms with E-state index in [1.165, 1.54) is 27.4 Å². The summed E-state index contributed by atoms with van der Waals surface area (Å²) in [5.41, 5.74) is 3.99. The molecule has 0 aliphatic rings. The molecule has 2 aromatic carbocycles. The van der Waals surface area contributed by atoms with Gasteiger partial charge in [-0.15, -0.1) is 0 Å². The van der Waals surface area contributed by atoms with Crippen molar-refractivity contribution >= 4 is 17.6 Å². The van der Waals surface area contributed by atoms with Gasteiger partial charge in [0, 0.05) is 17.7 Å². The average Bonchev–Trinajstić information content (AvgIpc) is 2.63. The van der Waals surface area contributed by atoms with E-state index in [0.717, 1.165) is 16.7 Å². The highest BCUT2D eigenvalue weighted by Gasteiger charge is 2.20. The number of aryl methyl sites for hydroxylation is 3. The van der Waals surface area contributed by atoms with Gasteiger partial charge in [0.05, 0.1) is 32.6 Å². The Hall–Kier alpha value is -3.02. The minimum atomic E-state index is -0.585. The van der Waals surface area contributed by atoms with Crippen LogP contribution < -0.4 is 14.8 Å². The highest BCUT2D eigenvalue weighted by atomic mass is 16.5. The highest BCUT2D eigenvalue weighted by molar-refractivity contribution is 6.09. The summed E-state index contributed by atoms with van der Waals surface area (Å²) in [5, 5.41) is 2.78. The van der Waals surface area contributed by atoms with Crippen LogP contribution in [-0.2, 0) is 4.74 Å². The number of methoxy groups -OCH3 is 3. The Morgan fingerprint density at radius 2 is 1.35 bits per heavy atom. The van der Waals surface area contributed by atoms with Crippen LogP contribution in [-0.4, -0.2) is 33.2 Å². The number of benzene rings is 2. The second-order valence-corrected chi connectivity index (χ2v) is 5.95. The highest BCUT2D eigenvalue weighted by Crippen LogP contribution is 2.34. The quantitative estimate of drug-likeness (QED) is 0.827. The van der Waals surface area contributed by atoms with E-state index in [9.17, 15) is 9.59 Å². The third-order valence-corrected chi connectivity index (χ3v) is 4.26. The van der Waals surface area contributed by atoms with Crippen molar-refractivity contribution in [2.24, 2.45) is 0 Å². The number of amides is 1. The Kier molecular flexibility index (Phi) is 5.87. The molecule has 0 bridgehead atoms. The van der Waals surface area contributed by atoms with Gasteiger partial charge in [-0.25, -0.2) is 4.79 Å². The van der Waals surface area contributed by atoms with Gasteiger partial charge in [0.1, 0.15) is 0 Å². The Bertz CT molecular complexity index is 858. The lowest BCUT2D eigenvalue weighted by Gasteiger charge is -2.16. The molecule has 6 heteroatoms. The molecule has 0 saturated heterocycles. The molecule has 6 nitrogen and oxygen atoms in total. The number of carbonyl (C=O) groups excluding carboxylic acids is 2. The third kappa shape index (κ3) is 3.79. The predicted octanol–water partition coefficient (Wildman–Crippen LogP) is 3.67. The van der Waals surface area contributed by atoms with E-state index >= 15 is 0 Å². The van der Waals surface area contributed by atoms with Crippen molar-refractivity contribution in [2.45, 2.75) is 20.8 Å². The number of rotatable bonds is 5. The van der Waals surface area contributed by atoms with Crippen LogP contribution in [0.15, 0.2) is 24.3 Å². The molecule has 0 aromatic heterocycles. The first-order chi connectivity index (χ1) is 12.3. The predicted molar refractivity (Wildman–Crippen MR) is 99.5 cm³/mol. The van der Waals surface area contributed by atoms with E-state index in [0.29, 0.717) is 17.1 Å². The van der Waals surface area contributed by atoms with Gasteiger partial charge in [0.2, 0.25) is 0 Å². The van der Waals surface area contributed by atoms with Crippen LogP contribution in [0.4, 0.5) is 5.69 Å². The van der Waals surface area contributed by atoms with Crippen LogP contribution in [0.1, 0.15) is 37.4 Å². The minimum Gasteiger partial charge on any atom is -0.493 e. The lowest BCUT2D eigenvalue weighted by Crippen LogP contribution is -2.17. The first-order valence-corrected chi connectivity index (χ1v) is 8.05. The number of carbonyl (C=O) groups is 2. The largest absolute Gasteiger partial charge is 0.493 e. The summed E-state index contributed by atoms with van der Waals surface area (Å²) in [4.78, 5) is 24.9. The van der Waals surface area contributed by atoms with Crippen LogP contribution in [0.25, 0.3) is 0 Å². The van der Waals surface area contributed by atoms with E-state index in [1.807, 2.05) is 32.9 Å². The maximum absolute atomic E-state index is 12.8. The number of hydrogen-bond donors (Lipinski definition) is 1. The van der Waals surface area contributed by atoms with E-state index in [-0.39, 0.29) is 17.2 Å². The Balaban J connectivity index is 2.49. The monoisotopic (exact) mass is 357 g/mol. The van der Waals surface area contributed by atoms with Crippen LogP contribution in [0.2, 0.25) is 0 Å². The smallest absolute Gasteiger partial charge is 0.340 e. The summed E-state index contributed by atoms with van der Waals surface area (Å²) in [6.07, 6.45) is 0. The SMILES string of the molecule is COC(=O)c1cc(OC)c(OC)cc1NC(=O)c1cc(C)c(C)cc1C. The fourth-order valence-electron chi connectivity index (χ4n) is 2.66. The molecule has 0 aliphatic heterocycles. The molecule has 26 heavy (non-hydrogen) atoms. The van der Waals surface area contributed by atoms with E-state index in [4.69, 9.17) is 14.2 Å². The van der Waals surface area contributed by atoms with Gasteiger partial charge in [0.15, 0.2) is 11.5 Å². The van der Waals surface area contributed by atoms with Crippen molar-refractivity contribution in [1.82, 2.24) is 0 Å². The molecule has 0 radical (unpaired) electrons. The molecular weight excluding hydrogens is 334 g/mol. The maximum atomic E-state index is 12.8. The molecule has 0 aliphatic carbocycles. The number of nitrogens with one attached hydrogen (secondary N) is 1. The van der Waals surface area contributed by atoms with Crippen LogP contribution in [0, 0.1) is 20.8 Å². The zero-order valence-electron chi connectivity index (χ0n) is 15.9. The summed E-state index contributed by atoms with van der Waals surface area (Å²) in [7, 11) is 4.22. The second-order valence-electron chi connectivity index (χ2n) is 5.95. The lowest BCUT2D eigenvalue weighted by molar-refractivity contribution is 0.0601. The summed E-state index contributed by atoms with van der Waals surface area (Å²) in [6.45, 7) is 5.81. The summed E-state index contributed by atoms with van der Waals surface area (Å²) < 4.78 is 15.3. The van der Waals surface area contributed by atoms with Gasteiger partial charge in [-0.1, -0.05) is 6.07 Å². The number of hydrogen-bond acceptors (Lipinski definition) is 5. The van der Waals surface area contributed by atoms with Crippen molar-refractivity contribution < 1.29 is 23.8 Å². The molecule has 0 atom stereocenters. The van der Waals surface area contributed by atoms with E-state index in [1.54, 1.807) is 6.07 Å². The fraction of sp³-hybridized carbons (Fsp3) is 0.300. The molecule has 0 fully saturated rings. The summed E-state index contributed by atoms with van der Waals surface area (Å²) in [5.74, 6) is -0.137. The molecule has 1 amide bonds. The lowest BCUT2D eigenvalue weighted by atomic mass is 10.00. The molecule has 2 aromatic rings. The van der Waals surface area contributed by atoms with Gasteiger partial charge < -0.3 is 19.5 Å². The third-order valence-electron chi connectivity index (χ3n) is 4.26. The maximum Gasteiger partial charge on any atom is 0.340 e. The zero-order chi connectivity index (χ0) is 19.4. The van der Waals surface area contributed by atoms with Crippen molar-refractivity contribution in [3.05, 3.63) is 52.1 Å². The van der Waals surface area contributed by atoms with Crippen molar-refractivity contribution in [3.8, 4) is 11.5 Å². The Morgan fingerprint density at radius 3 is 1.92 bits per heavy atom. The average molecular weight is 357 g/mol. The normalized spacial score (nSPS) is 10.2. The van der Waals surface area contributed by atoms with Gasteiger partial charge >= 0.3 is 5.97 Å². The molecule has 138 valence electrons. The number of anilines is 1. The van der Waals surface area contributed by atoms with E-state index < -0.39 is 5.97 Å². The summed E-state index contributed by atoms with van der Waals surface area (Å²) >= 11 is 0. The Morgan fingerprint density at radius 1 is 0.769 bits per heavy atom. The second kappa shape index (κ2) is 7.91. The number of ether oxygens (including phenoxy) is 3. The number of esters is 1. The van der Waals surface area contributed by atoms with Crippen molar-refractivity contribution in [2.75, 3.05) is 26.6 Å². The molecular formula is C20H23NO5. The first-order valence-electron chi connectivity index (χ1n) is 8.05. The van der Waals surface area contributed by atoms with E-state index in [2.05, 4.69) is 5.32 Å². The van der Waals surface area contributed by atoms with Crippen LogP contribution >= 0.6 is 0 Å². The van der Waals surface area contributed by atoms with Gasteiger partial charge in [-0.3, -0.25) is 4.79 Å². The van der Waals surface area contributed by atoms with Crippen LogP contribution in [0.5, 0.6) is 11.5 Å². The molecule has 0 heterocycles. The van der Waals surface area contributed by atoms with Crippen molar-refractivity contribution in [3.63, 3.8) is 0 Å². The summed E-state index contributed by atoms with van der Waals surface area (Å²) in [6, 6.07) is 6.81. The standard InChI is InChI=1S/C20H23NO5/c1-11-7-13(3)14(8-12(11)2)19(22)21-16-10-18(25-5)17(24-4)9-15(16)20(23)26-6/h7-10H,1-6H3,(H,21,22). The minimum absolute atomic E-state index is 0.181. The van der Waals surface area contributed by atoms with Gasteiger partial charge in [-0.2, -0.15) is 0 Å².